The van der Waals surface area contributed by atoms with Crippen molar-refractivity contribution in [3.05, 3.63) is 0 Å². The van der Waals surface area contributed by atoms with E-state index in [-0.39, 0.29) is 30.5 Å². The lowest BCUT2D eigenvalue weighted by atomic mass is 9.95. The topological polar surface area (TPSA) is 41.6 Å². The van der Waals surface area contributed by atoms with Crippen molar-refractivity contribution < 1.29 is 9.53 Å². The van der Waals surface area contributed by atoms with Gasteiger partial charge in [0.1, 0.15) is 0 Å². The molecule has 5 heteroatoms. The number of rotatable bonds is 1. The van der Waals surface area contributed by atoms with Crippen LogP contribution < -0.4 is 5.32 Å². The highest BCUT2D eigenvalue weighted by molar-refractivity contribution is 5.85. The average molecular weight is 263 g/mol. The quantitative estimate of drug-likeness (QED) is 0.768. The minimum absolute atomic E-state index is 0. The van der Waals surface area contributed by atoms with Crippen LogP contribution in [-0.4, -0.2) is 49.2 Å². The van der Waals surface area contributed by atoms with E-state index in [1.54, 1.807) is 0 Å². The molecular formula is C12H23ClN2O2. The Kier molecular flexibility index (Phi) is 5.70. The monoisotopic (exact) mass is 262 g/mol. The Hall–Kier alpha value is -0.320. The molecular weight excluding hydrogens is 240 g/mol. The summed E-state index contributed by atoms with van der Waals surface area (Å²) in [6.07, 6.45) is 2.13. The van der Waals surface area contributed by atoms with Crippen molar-refractivity contribution in [1.82, 2.24) is 10.2 Å². The average Bonchev–Trinajstić information content (AvgIpc) is 2.33. The first-order valence-electron chi connectivity index (χ1n) is 6.33. The third-order valence-electron chi connectivity index (χ3n) is 3.86. The van der Waals surface area contributed by atoms with Crippen molar-refractivity contribution >= 4 is 18.3 Å². The molecule has 0 aromatic rings. The van der Waals surface area contributed by atoms with E-state index in [1.807, 2.05) is 11.8 Å². The molecule has 2 saturated heterocycles. The zero-order chi connectivity index (χ0) is 11.5. The molecule has 0 bridgehead atoms. The number of nitrogens with one attached hydrogen (secondary N) is 1. The SMILES string of the molecule is CC1OCCN(C(=O)C2CCNCC2)C1C.Cl. The van der Waals surface area contributed by atoms with Gasteiger partial charge in [-0.05, 0) is 39.8 Å². The number of carbonyl (C=O) groups excluding carboxylic acids is 1. The predicted octanol–water partition coefficient (Wildman–Crippen LogP) is 1.04. The molecule has 0 aromatic heterocycles. The van der Waals surface area contributed by atoms with Crippen LogP contribution in [0.25, 0.3) is 0 Å². The molecule has 17 heavy (non-hydrogen) atoms. The predicted molar refractivity (Wildman–Crippen MR) is 69.4 cm³/mol. The highest BCUT2D eigenvalue weighted by Crippen LogP contribution is 2.20. The number of hydrogen-bond acceptors (Lipinski definition) is 3. The number of halogens is 1. The summed E-state index contributed by atoms with van der Waals surface area (Å²) in [5.74, 6) is 0.568. The summed E-state index contributed by atoms with van der Waals surface area (Å²) in [5.41, 5.74) is 0. The number of ether oxygens (including phenoxy) is 1. The van der Waals surface area contributed by atoms with Crippen molar-refractivity contribution in [2.24, 2.45) is 5.92 Å². The Morgan fingerprint density at radius 3 is 2.59 bits per heavy atom. The van der Waals surface area contributed by atoms with Gasteiger partial charge in [0, 0.05) is 12.5 Å². The fourth-order valence-corrected chi connectivity index (χ4v) is 2.55. The summed E-state index contributed by atoms with van der Waals surface area (Å²) in [5, 5.41) is 3.30. The number of hydrogen-bond donors (Lipinski definition) is 1. The van der Waals surface area contributed by atoms with Gasteiger partial charge in [0.25, 0.3) is 0 Å². The maximum Gasteiger partial charge on any atom is 0.226 e. The van der Waals surface area contributed by atoms with Crippen LogP contribution >= 0.6 is 12.4 Å². The van der Waals surface area contributed by atoms with E-state index < -0.39 is 0 Å². The smallest absolute Gasteiger partial charge is 0.226 e. The van der Waals surface area contributed by atoms with Gasteiger partial charge < -0.3 is 15.0 Å². The van der Waals surface area contributed by atoms with Gasteiger partial charge in [-0.15, -0.1) is 12.4 Å². The highest BCUT2D eigenvalue weighted by Gasteiger charge is 2.33. The van der Waals surface area contributed by atoms with Crippen molar-refractivity contribution in [2.75, 3.05) is 26.2 Å². The Bertz CT molecular complexity index is 257. The third-order valence-corrected chi connectivity index (χ3v) is 3.86. The normalized spacial score (nSPS) is 30.8. The fraction of sp³-hybridized carbons (Fsp3) is 0.917. The first-order valence-corrected chi connectivity index (χ1v) is 6.33. The Labute approximate surface area is 109 Å². The number of piperidine rings is 1. The molecule has 1 N–H and O–H groups in total. The standard InChI is InChI=1S/C12H22N2O2.ClH/c1-9-10(2)16-8-7-14(9)12(15)11-3-5-13-6-4-11;/h9-11,13H,3-8H2,1-2H3;1H. The second-order valence-corrected chi connectivity index (χ2v) is 4.87. The molecule has 100 valence electrons. The van der Waals surface area contributed by atoms with E-state index >= 15 is 0 Å². The van der Waals surface area contributed by atoms with E-state index in [1.165, 1.54) is 0 Å². The van der Waals surface area contributed by atoms with Crippen LogP contribution in [0.15, 0.2) is 0 Å². The Morgan fingerprint density at radius 2 is 1.94 bits per heavy atom. The van der Waals surface area contributed by atoms with E-state index in [0.717, 1.165) is 32.5 Å². The second kappa shape index (κ2) is 6.57. The van der Waals surface area contributed by atoms with Crippen LogP contribution in [0.5, 0.6) is 0 Å². The molecule has 0 radical (unpaired) electrons. The Morgan fingerprint density at radius 1 is 1.29 bits per heavy atom. The molecule has 0 saturated carbocycles. The van der Waals surface area contributed by atoms with Crippen molar-refractivity contribution in [3.63, 3.8) is 0 Å². The second-order valence-electron chi connectivity index (χ2n) is 4.87. The molecule has 0 aromatic carbocycles. The van der Waals surface area contributed by atoms with E-state index in [9.17, 15) is 4.79 Å². The lowest BCUT2D eigenvalue weighted by Crippen LogP contribution is -2.53. The van der Waals surface area contributed by atoms with Crippen molar-refractivity contribution in [3.8, 4) is 0 Å². The number of nitrogens with zero attached hydrogens (tertiary/aromatic N) is 1. The van der Waals surface area contributed by atoms with Gasteiger partial charge in [0.2, 0.25) is 5.91 Å². The van der Waals surface area contributed by atoms with E-state index in [0.29, 0.717) is 12.5 Å². The molecule has 1 amide bonds. The van der Waals surface area contributed by atoms with Crippen LogP contribution in [0.1, 0.15) is 26.7 Å². The molecule has 2 rings (SSSR count). The number of carbonyl (C=O) groups is 1. The molecule has 0 aliphatic carbocycles. The van der Waals surface area contributed by atoms with Gasteiger partial charge in [-0.25, -0.2) is 0 Å². The summed E-state index contributed by atoms with van der Waals surface area (Å²) in [6, 6.07) is 0.219. The lowest BCUT2D eigenvalue weighted by molar-refractivity contribution is -0.149. The van der Waals surface area contributed by atoms with E-state index in [2.05, 4.69) is 12.2 Å². The van der Waals surface area contributed by atoms with Crippen molar-refractivity contribution in [1.29, 1.82) is 0 Å². The van der Waals surface area contributed by atoms with Crippen molar-refractivity contribution in [2.45, 2.75) is 38.8 Å². The summed E-state index contributed by atoms with van der Waals surface area (Å²) in [6.45, 7) is 7.53. The summed E-state index contributed by atoms with van der Waals surface area (Å²) in [7, 11) is 0. The molecule has 2 unspecified atom stereocenters. The minimum atomic E-state index is 0. The number of morpholine rings is 1. The van der Waals surface area contributed by atoms with Gasteiger partial charge >= 0.3 is 0 Å². The maximum absolute atomic E-state index is 12.4. The van der Waals surface area contributed by atoms with Gasteiger partial charge in [0.15, 0.2) is 0 Å². The van der Waals surface area contributed by atoms with Gasteiger partial charge in [-0.2, -0.15) is 0 Å². The summed E-state index contributed by atoms with van der Waals surface area (Å²) >= 11 is 0. The van der Waals surface area contributed by atoms with Gasteiger partial charge in [-0.1, -0.05) is 0 Å². The third kappa shape index (κ3) is 3.33. The largest absolute Gasteiger partial charge is 0.375 e. The summed E-state index contributed by atoms with van der Waals surface area (Å²) < 4.78 is 5.55. The lowest BCUT2D eigenvalue weighted by Gasteiger charge is -2.40. The van der Waals surface area contributed by atoms with Gasteiger partial charge in [0.05, 0.1) is 18.8 Å². The molecule has 2 atom stereocenters. The van der Waals surface area contributed by atoms with Crippen LogP contribution in [0.3, 0.4) is 0 Å². The summed E-state index contributed by atoms with van der Waals surface area (Å²) in [4.78, 5) is 14.4. The zero-order valence-electron chi connectivity index (χ0n) is 10.6. The molecule has 4 nitrogen and oxygen atoms in total. The first kappa shape index (κ1) is 14.7. The minimum Gasteiger partial charge on any atom is -0.375 e. The van der Waals surface area contributed by atoms with Crippen LogP contribution in [0.2, 0.25) is 0 Å². The molecule has 0 spiro atoms. The Balaban J connectivity index is 0.00000144. The zero-order valence-corrected chi connectivity index (χ0v) is 11.5. The molecule has 2 aliphatic heterocycles. The van der Waals surface area contributed by atoms with Crippen LogP contribution in [-0.2, 0) is 9.53 Å². The highest BCUT2D eigenvalue weighted by atomic mass is 35.5. The van der Waals surface area contributed by atoms with E-state index in [4.69, 9.17) is 4.74 Å². The number of amides is 1. The van der Waals surface area contributed by atoms with Crippen LogP contribution in [0, 0.1) is 5.92 Å². The molecule has 2 heterocycles. The molecule has 2 fully saturated rings. The van der Waals surface area contributed by atoms with Crippen LogP contribution in [0.4, 0.5) is 0 Å². The molecule has 2 aliphatic rings. The maximum atomic E-state index is 12.4. The first-order chi connectivity index (χ1) is 7.70. The fourth-order valence-electron chi connectivity index (χ4n) is 2.55. The van der Waals surface area contributed by atoms with Gasteiger partial charge in [-0.3, -0.25) is 4.79 Å².